The first-order valence-electron chi connectivity index (χ1n) is 7.80. The van der Waals surface area contributed by atoms with E-state index in [9.17, 15) is 15.2 Å². The van der Waals surface area contributed by atoms with E-state index in [0.717, 1.165) is 4.73 Å². The predicted molar refractivity (Wildman–Crippen MR) is 97.8 cm³/mol. The molecule has 7 heteroatoms. The lowest BCUT2D eigenvalue weighted by atomic mass is 10.1. The van der Waals surface area contributed by atoms with Crippen molar-refractivity contribution in [3.63, 3.8) is 0 Å². The van der Waals surface area contributed by atoms with Crippen molar-refractivity contribution in [2.45, 2.75) is 0 Å². The van der Waals surface area contributed by atoms with Crippen molar-refractivity contribution in [1.82, 2.24) is 4.73 Å². The Hall–Kier alpha value is -3.32. The number of carbonyl (C=O) groups excluding carboxylic acids is 1. The number of ether oxygens (including phenoxy) is 1. The monoisotopic (exact) mass is 366 g/mol. The van der Waals surface area contributed by atoms with Crippen LogP contribution in [0.15, 0.2) is 60.0 Å². The molecule has 0 atom stereocenters. The molecule has 130 valence electrons. The summed E-state index contributed by atoms with van der Waals surface area (Å²) in [5, 5.41) is 25.0. The maximum Gasteiger partial charge on any atom is 0.332 e. The molecule has 0 bridgehead atoms. The van der Waals surface area contributed by atoms with Gasteiger partial charge in [0.1, 0.15) is 5.75 Å². The minimum Gasteiger partial charge on any atom is -0.710 e. The van der Waals surface area contributed by atoms with E-state index in [0.29, 0.717) is 32.0 Å². The SMILES string of the molecule is COc1ccc(-c2n(O)c3ccc(C(=O)c4cccs4)cc3[n+]2[O-])cc1. The quantitative estimate of drug-likeness (QED) is 0.260. The van der Waals surface area contributed by atoms with Crippen molar-refractivity contribution in [1.29, 1.82) is 0 Å². The second kappa shape index (κ2) is 6.20. The van der Waals surface area contributed by atoms with Crippen LogP contribution in [0.25, 0.3) is 22.4 Å². The van der Waals surface area contributed by atoms with Crippen LogP contribution in [0.4, 0.5) is 0 Å². The molecule has 26 heavy (non-hydrogen) atoms. The van der Waals surface area contributed by atoms with Gasteiger partial charge in [-0.1, -0.05) is 6.07 Å². The molecule has 0 aliphatic carbocycles. The van der Waals surface area contributed by atoms with Crippen LogP contribution in [0.2, 0.25) is 0 Å². The van der Waals surface area contributed by atoms with Crippen LogP contribution < -0.4 is 9.47 Å². The van der Waals surface area contributed by atoms with Crippen molar-refractivity contribution in [3.8, 4) is 17.1 Å². The number of fused-ring (bicyclic) bond motifs is 1. The molecule has 0 saturated carbocycles. The summed E-state index contributed by atoms with van der Waals surface area (Å²) >= 11 is 1.34. The van der Waals surface area contributed by atoms with Crippen LogP contribution in [0.5, 0.6) is 5.75 Å². The van der Waals surface area contributed by atoms with Crippen molar-refractivity contribution in [2.75, 3.05) is 7.11 Å². The molecule has 4 aromatic rings. The van der Waals surface area contributed by atoms with Crippen LogP contribution in [-0.4, -0.2) is 22.8 Å². The summed E-state index contributed by atoms with van der Waals surface area (Å²) in [6, 6.07) is 15.0. The fraction of sp³-hybridized carbons (Fsp3) is 0.0526. The first-order chi connectivity index (χ1) is 12.6. The van der Waals surface area contributed by atoms with E-state index >= 15 is 0 Å². The molecule has 0 saturated heterocycles. The second-order valence-corrected chi connectivity index (χ2v) is 6.62. The zero-order valence-electron chi connectivity index (χ0n) is 13.7. The molecule has 0 aliphatic rings. The van der Waals surface area contributed by atoms with Gasteiger partial charge >= 0.3 is 5.82 Å². The van der Waals surface area contributed by atoms with Gasteiger partial charge in [-0.3, -0.25) is 4.79 Å². The molecule has 0 amide bonds. The number of carbonyl (C=O) groups is 1. The average molecular weight is 366 g/mol. The molecular weight excluding hydrogens is 352 g/mol. The Bertz CT molecular complexity index is 1100. The molecular formula is C19H14N2O4S. The maximum atomic E-state index is 12.8. The van der Waals surface area contributed by atoms with E-state index in [1.54, 1.807) is 55.6 Å². The lowest BCUT2D eigenvalue weighted by Crippen LogP contribution is -2.28. The lowest BCUT2D eigenvalue weighted by molar-refractivity contribution is -0.567. The summed E-state index contributed by atoms with van der Waals surface area (Å²) in [5.41, 5.74) is 1.48. The Morgan fingerprint density at radius 3 is 2.62 bits per heavy atom. The van der Waals surface area contributed by atoms with Gasteiger partial charge in [0.15, 0.2) is 5.52 Å². The Labute approximate surface area is 152 Å². The topological polar surface area (TPSA) is 78.4 Å². The third kappa shape index (κ3) is 2.49. The molecule has 1 N–H and O–H groups in total. The standard InChI is InChI=1S/C19H14N2O4S/c1-25-14-7-4-12(5-8-14)19-20(23)15-9-6-13(11-16(15)21(19)24)18(22)17-3-2-10-26-17/h2-11,23H,1H3. The minimum absolute atomic E-state index is 0.0726. The van der Waals surface area contributed by atoms with E-state index in [2.05, 4.69) is 0 Å². The zero-order valence-corrected chi connectivity index (χ0v) is 14.6. The average Bonchev–Trinajstić information content (AvgIpc) is 3.29. The first-order valence-corrected chi connectivity index (χ1v) is 8.68. The highest BCUT2D eigenvalue weighted by molar-refractivity contribution is 7.12. The van der Waals surface area contributed by atoms with Gasteiger partial charge in [0.25, 0.3) is 0 Å². The third-order valence-electron chi connectivity index (χ3n) is 4.17. The lowest BCUT2D eigenvalue weighted by Gasteiger charge is -2.04. The molecule has 0 radical (unpaired) electrons. The van der Waals surface area contributed by atoms with E-state index in [1.807, 2.05) is 5.38 Å². The van der Waals surface area contributed by atoms with Crippen molar-refractivity contribution >= 4 is 28.2 Å². The summed E-state index contributed by atoms with van der Waals surface area (Å²) in [6.07, 6.45) is 0. The first kappa shape index (κ1) is 16.2. The summed E-state index contributed by atoms with van der Waals surface area (Å²) in [7, 11) is 1.55. The van der Waals surface area contributed by atoms with Gasteiger partial charge in [0.05, 0.1) is 17.6 Å². The highest BCUT2D eigenvalue weighted by atomic mass is 32.1. The third-order valence-corrected chi connectivity index (χ3v) is 5.04. The molecule has 2 aromatic carbocycles. The molecule has 2 heterocycles. The van der Waals surface area contributed by atoms with E-state index in [1.165, 1.54) is 17.4 Å². The number of rotatable bonds is 4. The highest BCUT2D eigenvalue weighted by Gasteiger charge is 2.24. The van der Waals surface area contributed by atoms with Gasteiger partial charge in [-0.05, 0) is 52.6 Å². The molecule has 6 nitrogen and oxygen atoms in total. The number of thiophene rings is 1. The number of nitrogens with zero attached hydrogens (tertiary/aromatic N) is 2. The Morgan fingerprint density at radius 2 is 1.96 bits per heavy atom. The maximum absolute atomic E-state index is 12.8. The van der Waals surface area contributed by atoms with Crippen LogP contribution in [0.1, 0.15) is 15.2 Å². The summed E-state index contributed by atoms with van der Waals surface area (Å²) in [6.45, 7) is 0. The van der Waals surface area contributed by atoms with Gasteiger partial charge in [-0.25, -0.2) is 4.73 Å². The van der Waals surface area contributed by atoms with E-state index < -0.39 is 0 Å². The van der Waals surface area contributed by atoms with Crippen LogP contribution in [0.3, 0.4) is 0 Å². The molecule has 0 aliphatic heterocycles. The van der Waals surface area contributed by atoms with E-state index in [-0.39, 0.29) is 17.1 Å². The van der Waals surface area contributed by atoms with Crippen molar-refractivity contribution < 1.29 is 19.5 Å². The highest BCUT2D eigenvalue weighted by Crippen LogP contribution is 2.25. The number of methoxy groups -OCH3 is 1. The summed E-state index contributed by atoms with van der Waals surface area (Å²) in [5.74, 6) is 0.567. The normalized spacial score (nSPS) is 11.0. The zero-order chi connectivity index (χ0) is 18.3. The van der Waals surface area contributed by atoms with Gasteiger partial charge in [0, 0.05) is 11.6 Å². The largest absolute Gasteiger partial charge is 0.710 e. The van der Waals surface area contributed by atoms with Crippen molar-refractivity contribution in [3.05, 3.63) is 75.6 Å². The molecule has 4 rings (SSSR count). The van der Waals surface area contributed by atoms with Gasteiger partial charge in [-0.15, -0.1) is 11.3 Å². The fourth-order valence-electron chi connectivity index (χ4n) is 2.85. The van der Waals surface area contributed by atoms with Gasteiger partial charge in [0.2, 0.25) is 11.3 Å². The van der Waals surface area contributed by atoms with Crippen LogP contribution >= 0.6 is 11.3 Å². The summed E-state index contributed by atoms with van der Waals surface area (Å²) < 4.78 is 6.58. The number of aromatic nitrogens is 2. The van der Waals surface area contributed by atoms with Crippen molar-refractivity contribution in [2.24, 2.45) is 0 Å². The van der Waals surface area contributed by atoms with Crippen LogP contribution in [0, 0.1) is 5.21 Å². The molecule has 2 aromatic heterocycles. The van der Waals surface area contributed by atoms with Gasteiger partial charge in [-0.2, -0.15) is 0 Å². The minimum atomic E-state index is -0.154. The second-order valence-electron chi connectivity index (χ2n) is 5.67. The smallest absolute Gasteiger partial charge is 0.332 e. The van der Waals surface area contributed by atoms with Crippen LogP contribution in [-0.2, 0) is 0 Å². The Kier molecular flexibility index (Phi) is 3.85. The molecule has 0 spiro atoms. The number of imidazole rings is 1. The molecule has 0 fully saturated rings. The number of hydrogen-bond acceptors (Lipinski definition) is 5. The van der Waals surface area contributed by atoms with Gasteiger partial charge < -0.3 is 15.2 Å². The number of ketones is 1. The summed E-state index contributed by atoms with van der Waals surface area (Å²) in [4.78, 5) is 13.1. The molecule has 0 unspecified atom stereocenters. The Balaban J connectivity index is 1.84. The number of hydrogen-bond donors (Lipinski definition) is 1. The van der Waals surface area contributed by atoms with E-state index in [4.69, 9.17) is 4.74 Å². The Morgan fingerprint density at radius 1 is 1.19 bits per heavy atom. The predicted octanol–water partition coefficient (Wildman–Crippen LogP) is 3.48. The fourth-order valence-corrected chi connectivity index (χ4v) is 3.54. The number of benzene rings is 2.